The molecule has 1 N–H and O–H groups in total. The lowest BCUT2D eigenvalue weighted by atomic mass is 10.2. The van der Waals surface area contributed by atoms with E-state index >= 15 is 0 Å². The molecule has 4 nitrogen and oxygen atoms in total. The van der Waals surface area contributed by atoms with Gasteiger partial charge in [0.25, 0.3) is 0 Å². The quantitative estimate of drug-likeness (QED) is 0.753. The van der Waals surface area contributed by atoms with Crippen molar-refractivity contribution in [2.45, 2.75) is 0 Å². The smallest absolute Gasteiger partial charge is 0.316 e. The molecule has 1 heterocycles. The molecule has 0 atom stereocenters. The molecule has 0 bridgehead atoms. The first kappa shape index (κ1) is 8.00. The van der Waals surface area contributed by atoms with Gasteiger partial charge in [0.15, 0.2) is 0 Å². The number of nitrogens with one attached hydrogen (secondary N) is 1. The normalized spacial score (nSPS) is 10.2. The molecule has 0 radical (unpaired) electrons. The number of aromatic nitrogens is 1. The molecule has 2 aromatic rings. The van der Waals surface area contributed by atoms with E-state index in [1.807, 2.05) is 6.07 Å². The molecule has 0 amide bonds. The lowest BCUT2D eigenvalue weighted by molar-refractivity contribution is 0.622. The molecular formula is C8H6N2O2S. The molecule has 0 aliphatic carbocycles. The van der Waals surface area contributed by atoms with Gasteiger partial charge in [0.2, 0.25) is 0 Å². The number of aromatic amines is 1. The topological polar surface area (TPSA) is 62.3 Å². The number of rotatable bonds is 1. The molecule has 1 aromatic carbocycles. The van der Waals surface area contributed by atoms with Crippen LogP contribution in [0.4, 0.5) is 5.69 Å². The van der Waals surface area contributed by atoms with Crippen LogP contribution in [0.2, 0.25) is 0 Å². The number of nitrogens with zero attached hydrogens (tertiary/aromatic N) is 1. The SMILES string of the molecule is O=S(=O)=Nc1ccc2[nH]ccc2c1. The zero-order valence-electron chi connectivity index (χ0n) is 6.56. The maximum Gasteiger partial charge on any atom is 0.316 e. The monoisotopic (exact) mass is 194 g/mol. The van der Waals surface area contributed by atoms with Crippen LogP contribution >= 0.6 is 0 Å². The summed E-state index contributed by atoms with van der Waals surface area (Å²) in [5.74, 6) is 0. The number of benzene rings is 1. The predicted octanol–water partition coefficient (Wildman–Crippen LogP) is 1.86. The Balaban J connectivity index is 2.67. The number of fused-ring (bicyclic) bond motifs is 1. The van der Waals surface area contributed by atoms with Gasteiger partial charge in [-0.2, -0.15) is 8.42 Å². The van der Waals surface area contributed by atoms with Crippen LogP contribution in [0.1, 0.15) is 0 Å². The molecule has 13 heavy (non-hydrogen) atoms. The van der Waals surface area contributed by atoms with Crippen LogP contribution in [-0.4, -0.2) is 13.4 Å². The van der Waals surface area contributed by atoms with Crippen LogP contribution in [0, 0.1) is 0 Å². The van der Waals surface area contributed by atoms with Crippen molar-refractivity contribution < 1.29 is 8.42 Å². The molecule has 0 spiro atoms. The second kappa shape index (κ2) is 3.02. The predicted molar refractivity (Wildman–Crippen MR) is 49.3 cm³/mol. The summed E-state index contributed by atoms with van der Waals surface area (Å²) in [4.78, 5) is 3.00. The van der Waals surface area contributed by atoms with Crippen molar-refractivity contribution in [3.8, 4) is 0 Å². The lowest BCUT2D eigenvalue weighted by Gasteiger charge is -1.90. The minimum absolute atomic E-state index is 0.445. The van der Waals surface area contributed by atoms with Gasteiger partial charge in [-0.15, -0.1) is 4.36 Å². The Kier molecular flexibility index (Phi) is 1.86. The highest BCUT2D eigenvalue weighted by Crippen LogP contribution is 2.19. The third kappa shape index (κ3) is 1.59. The third-order valence-corrected chi connectivity index (χ3v) is 2.08. The molecule has 1 aromatic heterocycles. The van der Waals surface area contributed by atoms with Gasteiger partial charge in [0.1, 0.15) is 0 Å². The molecule has 0 aliphatic heterocycles. The molecule has 0 fully saturated rings. The second-order valence-electron chi connectivity index (χ2n) is 2.56. The fourth-order valence-electron chi connectivity index (χ4n) is 1.18. The molecule has 0 saturated heterocycles. The molecule has 0 saturated carbocycles. The first-order valence-electron chi connectivity index (χ1n) is 3.64. The number of hydrogen-bond donors (Lipinski definition) is 1. The molecule has 5 heteroatoms. The van der Waals surface area contributed by atoms with Crippen molar-refractivity contribution in [3.05, 3.63) is 30.5 Å². The average molecular weight is 194 g/mol. The third-order valence-electron chi connectivity index (χ3n) is 1.72. The minimum atomic E-state index is -2.38. The summed E-state index contributed by atoms with van der Waals surface area (Å²) in [7, 11) is -2.38. The summed E-state index contributed by atoms with van der Waals surface area (Å²) in [5, 5.41) is 0.951. The van der Waals surface area contributed by atoms with Crippen LogP contribution in [0.15, 0.2) is 34.8 Å². The second-order valence-corrected chi connectivity index (χ2v) is 3.17. The summed E-state index contributed by atoms with van der Waals surface area (Å²) in [6.45, 7) is 0. The Bertz CT molecular complexity index is 561. The Morgan fingerprint density at radius 3 is 2.85 bits per heavy atom. The van der Waals surface area contributed by atoms with Gasteiger partial charge in [0.05, 0.1) is 5.69 Å². The van der Waals surface area contributed by atoms with Crippen LogP contribution in [0.5, 0.6) is 0 Å². The van der Waals surface area contributed by atoms with Crippen LogP contribution in [-0.2, 0) is 10.5 Å². The highest BCUT2D eigenvalue weighted by Gasteiger charge is 1.95. The maximum absolute atomic E-state index is 10.3. The fraction of sp³-hybridized carbons (Fsp3) is 0. The summed E-state index contributed by atoms with van der Waals surface area (Å²) < 4.78 is 23.9. The van der Waals surface area contributed by atoms with Crippen LogP contribution < -0.4 is 0 Å². The van der Waals surface area contributed by atoms with Crippen molar-refractivity contribution in [3.63, 3.8) is 0 Å². The molecule has 0 unspecified atom stereocenters. The Hall–Kier alpha value is -1.62. The van der Waals surface area contributed by atoms with Gasteiger partial charge in [-0.05, 0) is 24.3 Å². The Labute approximate surface area is 75.9 Å². The van der Waals surface area contributed by atoms with E-state index < -0.39 is 10.5 Å². The van der Waals surface area contributed by atoms with Crippen LogP contribution in [0.3, 0.4) is 0 Å². The highest BCUT2D eigenvalue weighted by molar-refractivity contribution is 7.61. The van der Waals surface area contributed by atoms with E-state index in [1.165, 1.54) is 0 Å². The van der Waals surface area contributed by atoms with Gasteiger partial charge in [-0.3, -0.25) is 0 Å². The van der Waals surface area contributed by atoms with E-state index in [4.69, 9.17) is 0 Å². The molecular weight excluding hydrogens is 188 g/mol. The zero-order valence-corrected chi connectivity index (χ0v) is 7.38. The fourth-order valence-corrected chi connectivity index (χ4v) is 1.47. The van der Waals surface area contributed by atoms with Crippen molar-refractivity contribution >= 4 is 27.1 Å². The van der Waals surface area contributed by atoms with Crippen molar-refractivity contribution in [2.75, 3.05) is 0 Å². The van der Waals surface area contributed by atoms with E-state index in [-0.39, 0.29) is 0 Å². The average Bonchev–Trinajstić information content (AvgIpc) is 2.49. The molecule has 2 rings (SSSR count). The molecule has 0 aliphatic rings. The van der Waals surface area contributed by atoms with Gasteiger partial charge in [-0.1, -0.05) is 0 Å². The van der Waals surface area contributed by atoms with Gasteiger partial charge < -0.3 is 4.98 Å². The highest BCUT2D eigenvalue weighted by atomic mass is 32.2. The van der Waals surface area contributed by atoms with Gasteiger partial charge in [-0.25, -0.2) is 0 Å². The number of H-pyrrole nitrogens is 1. The maximum atomic E-state index is 10.3. The van der Waals surface area contributed by atoms with Crippen molar-refractivity contribution in [2.24, 2.45) is 4.36 Å². The Morgan fingerprint density at radius 2 is 2.08 bits per heavy atom. The van der Waals surface area contributed by atoms with Crippen molar-refractivity contribution in [1.82, 2.24) is 4.98 Å². The standard InChI is InChI=1S/C8H6N2O2S/c11-13(12)10-7-1-2-8-6(5-7)3-4-9-8/h1-5,9H. The first-order chi connectivity index (χ1) is 6.25. The minimum Gasteiger partial charge on any atom is -0.361 e. The first-order valence-corrected chi connectivity index (χ1v) is 4.67. The summed E-state index contributed by atoms with van der Waals surface area (Å²) in [6, 6.07) is 7.01. The summed E-state index contributed by atoms with van der Waals surface area (Å²) in [5.41, 5.74) is 1.41. The van der Waals surface area contributed by atoms with Crippen LogP contribution in [0.25, 0.3) is 10.9 Å². The lowest BCUT2D eigenvalue weighted by Crippen LogP contribution is -1.67. The largest absolute Gasteiger partial charge is 0.361 e. The summed E-state index contributed by atoms with van der Waals surface area (Å²) in [6.07, 6.45) is 1.79. The zero-order chi connectivity index (χ0) is 9.26. The Morgan fingerprint density at radius 1 is 1.23 bits per heavy atom. The van der Waals surface area contributed by atoms with Crippen molar-refractivity contribution in [1.29, 1.82) is 0 Å². The van der Waals surface area contributed by atoms with Gasteiger partial charge >= 0.3 is 10.5 Å². The van der Waals surface area contributed by atoms with E-state index in [2.05, 4.69) is 9.35 Å². The number of hydrogen-bond acceptors (Lipinski definition) is 3. The summed E-state index contributed by atoms with van der Waals surface area (Å²) >= 11 is 0. The molecule has 66 valence electrons. The van der Waals surface area contributed by atoms with Gasteiger partial charge in [0, 0.05) is 17.1 Å². The van der Waals surface area contributed by atoms with E-state index in [0.717, 1.165) is 10.9 Å². The van der Waals surface area contributed by atoms with E-state index in [0.29, 0.717) is 5.69 Å². The van der Waals surface area contributed by atoms with E-state index in [1.54, 1.807) is 24.4 Å². The van der Waals surface area contributed by atoms with E-state index in [9.17, 15) is 8.42 Å².